The van der Waals surface area contributed by atoms with Crippen molar-refractivity contribution in [2.24, 2.45) is 0 Å². The molecule has 0 aromatic carbocycles. The van der Waals surface area contributed by atoms with Crippen molar-refractivity contribution in [1.29, 1.82) is 0 Å². The molecular weight excluding hydrogens is 288 g/mol. The fraction of sp³-hybridized carbons (Fsp3) is 0.800. The van der Waals surface area contributed by atoms with Crippen LogP contribution in [0.5, 0.6) is 0 Å². The summed E-state index contributed by atoms with van der Waals surface area (Å²) in [5.74, 6) is -0.342. The summed E-state index contributed by atoms with van der Waals surface area (Å²) in [5.41, 5.74) is 0.424. The second-order valence-corrected chi connectivity index (χ2v) is 9.99. The maximum absolute atomic E-state index is 11.1. The Morgan fingerprint density at radius 2 is 1.52 bits per heavy atom. The van der Waals surface area contributed by atoms with Crippen LogP contribution in [0.1, 0.15) is 19.8 Å². The Bertz CT molecular complexity index is 304. The third-order valence-corrected chi connectivity index (χ3v) is 5.51. The van der Waals surface area contributed by atoms with Gasteiger partial charge in [-0.1, -0.05) is 6.58 Å². The number of ether oxygens (including phenoxy) is 3. The smallest absolute Gasteiger partial charge is 0.333 e. The quantitative estimate of drug-likeness (QED) is 0.226. The van der Waals surface area contributed by atoms with Crippen molar-refractivity contribution in [2.75, 3.05) is 40.1 Å². The molecule has 5 nitrogen and oxygen atoms in total. The molecule has 0 saturated carbocycles. The molecule has 0 bridgehead atoms. The van der Waals surface area contributed by atoms with Crippen LogP contribution in [0.2, 0.25) is 19.1 Å². The van der Waals surface area contributed by atoms with Crippen molar-refractivity contribution in [3.05, 3.63) is 12.2 Å². The zero-order chi connectivity index (χ0) is 16.1. The van der Waals surface area contributed by atoms with Gasteiger partial charge in [0.1, 0.15) is 0 Å². The van der Waals surface area contributed by atoms with Crippen LogP contribution >= 0.6 is 0 Å². The van der Waals surface area contributed by atoms with Gasteiger partial charge in [-0.15, -0.1) is 0 Å². The standard InChI is InChI=1S/C15H30O5Si/c1-14(2)15(16)20-11-7-10-18-8-6-9-19-12-13-21(4,5)17-3/h1,6-13H2,2-5H3. The highest BCUT2D eigenvalue weighted by Gasteiger charge is 2.19. The van der Waals surface area contributed by atoms with Gasteiger partial charge in [0.25, 0.3) is 0 Å². The lowest BCUT2D eigenvalue weighted by atomic mass is 10.4. The Labute approximate surface area is 129 Å². The lowest BCUT2D eigenvalue weighted by molar-refractivity contribution is -0.139. The van der Waals surface area contributed by atoms with Crippen LogP contribution in [0.15, 0.2) is 12.2 Å². The van der Waals surface area contributed by atoms with Gasteiger partial charge < -0.3 is 18.6 Å². The van der Waals surface area contributed by atoms with E-state index in [-0.39, 0.29) is 5.97 Å². The second-order valence-electron chi connectivity index (χ2n) is 5.56. The minimum atomic E-state index is -1.49. The summed E-state index contributed by atoms with van der Waals surface area (Å²) in [5, 5.41) is 0. The van der Waals surface area contributed by atoms with Gasteiger partial charge in [-0.3, -0.25) is 0 Å². The Morgan fingerprint density at radius 3 is 2.05 bits per heavy atom. The Balaban J connectivity index is 3.23. The molecule has 0 rings (SSSR count). The first-order chi connectivity index (χ1) is 9.89. The van der Waals surface area contributed by atoms with Gasteiger partial charge in [-0.25, -0.2) is 4.79 Å². The minimum Gasteiger partial charge on any atom is -0.462 e. The van der Waals surface area contributed by atoms with Gasteiger partial charge in [-0.2, -0.15) is 0 Å². The summed E-state index contributed by atoms with van der Waals surface area (Å²) in [4.78, 5) is 11.1. The maximum Gasteiger partial charge on any atom is 0.333 e. The number of esters is 1. The fourth-order valence-electron chi connectivity index (χ4n) is 1.34. The molecular formula is C15H30O5Si. The van der Waals surface area contributed by atoms with Crippen LogP contribution in [0, 0.1) is 0 Å². The third-order valence-electron chi connectivity index (χ3n) is 2.99. The first-order valence-corrected chi connectivity index (χ1v) is 10.5. The topological polar surface area (TPSA) is 54.0 Å². The van der Waals surface area contributed by atoms with Crippen molar-refractivity contribution in [3.63, 3.8) is 0 Å². The van der Waals surface area contributed by atoms with Gasteiger partial charge in [0.2, 0.25) is 0 Å². The zero-order valence-electron chi connectivity index (χ0n) is 13.9. The highest BCUT2D eigenvalue weighted by molar-refractivity contribution is 6.71. The third kappa shape index (κ3) is 12.7. The van der Waals surface area contributed by atoms with Crippen molar-refractivity contribution >= 4 is 14.3 Å². The highest BCUT2D eigenvalue weighted by atomic mass is 28.4. The number of carbonyl (C=O) groups is 1. The molecule has 0 saturated heterocycles. The van der Waals surface area contributed by atoms with Crippen LogP contribution in [0.3, 0.4) is 0 Å². The molecule has 0 N–H and O–H groups in total. The van der Waals surface area contributed by atoms with E-state index < -0.39 is 8.32 Å². The Kier molecular flexibility index (Phi) is 11.5. The van der Waals surface area contributed by atoms with Gasteiger partial charge in [0, 0.05) is 45.5 Å². The molecule has 0 fully saturated rings. The van der Waals surface area contributed by atoms with Gasteiger partial charge in [0.05, 0.1) is 6.61 Å². The van der Waals surface area contributed by atoms with E-state index in [0.29, 0.717) is 38.4 Å². The highest BCUT2D eigenvalue weighted by Crippen LogP contribution is 2.09. The largest absolute Gasteiger partial charge is 0.462 e. The maximum atomic E-state index is 11.1. The predicted octanol–water partition coefficient (Wildman–Crippen LogP) is 2.77. The molecule has 0 aromatic heterocycles. The zero-order valence-corrected chi connectivity index (χ0v) is 14.9. The summed E-state index contributed by atoms with van der Waals surface area (Å²) in [7, 11) is 0.283. The average molecular weight is 318 g/mol. The second kappa shape index (κ2) is 11.9. The van der Waals surface area contributed by atoms with E-state index in [0.717, 1.165) is 19.1 Å². The van der Waals surface area contributed by atoms with Crippen molar-refractivity contribution in [1.82, 2.24) is 0 Å². The van der Waals surface area contributed by atoms with Crippen LogP contribution < -0.4 is 0 Å². The summed E-state index contributed by atoms with van der Waals surface area (Å²) >= 11 is 0. The van der Waals surface area contributed by atoms with Gasteiger partial charge >= 0.3 is 5.97 Å². The van der Waals surface area contributed by atoms with Crippen molar-refractivity contribution in [2.45, 2.75) is 38.9 Å². The van der Waals surface area contributed by atoms with E-state index >= 15 is 0 Å². The molecule has 0 spiro atoms. The summed E-state index contributed by atoms with van der Waals surface area (Å²) in [6, 6.07) is 1.01. The molecule has 124 valence electrons. The molecule has 0 amide bonds. The van der Waals surface area contributed by atoms with Crippen molar-refractivity contribution in [3.8, 4) is 0 Å². The predicted molar refractivity (Wildman–Crippen MR) is 85.9 cm³/mol. The Morgan fingerprint density at radius 1 is 1.00 bits per heavy atom. The molecule has 0 aliphatic rings. The van der Waals surface area contributed by atoms with E-state index in [4.69, 9.17) is 18.6 Å². The summed E-state index contributed by atoms with van der Waals surface area (Å²) < 4.78 is 21.4. The molecule has 0 aliphatic carbocycles. The van der Waals surface area contributed by atoms with Crippen LogP contribution in [-0.2, 0) is 23.4 Å². The normalized spacial score (nSPS) is 11.4. The minimum absolute atomic E-state index is 0.342. The molecule has 21 heavy (non-hydrogen) atoms. The molecule has 6 heteroatoms. The van der Waals surface area contributed by atoms with Crippen LogP contribution in [-0.4, -0.2) is 54.4 Å². The lowest BCUT2D eigenvalue weighted by Gasteiger charge is -2.19. The number of rotatable bonds is 13. The monoisotopic (exact) mass is 318 g/mol. The van der Waals surface area contributed by atoms with E-state index in [1.165, 1.54) is 0 Å². The SMILES string of the molecule is C=C(C)C(=O)OCCCOCCCOCC[Si](C)(C)OC. The molecule has 0 unspecified atom stereocenters. The van der Waals surface area contributed by atoms with Crippen LogP contribution in [0.4, 0.5) is 0 Å². The van der Waals surface area contributed by atoms with Gasteiger partial charge in [0.15, 0.2) is 8.32 Å². The first kappa shape index (κ1) is 20.3. The molecule has 0 radical (unpaired) electrons. The molecule has 0 atom stereocenters. The average Bonchev–Trinajstić information content (AvgIpc) is 2.44. The fourth-order valence-corrected chi connectivity index (χ4v) is 2.18. The van der Waals surface area contributed by atoms with Crippen LogP contribution in [0.25, 0.3) is 0 Å². The lowest BCUT2D eigenvalue weighted by Crippen LogP contribution is -2.30. The van der Waals surface area contributed by atoms with Gasteiger partial charge in [-0.05, 0) is 32.5 Å². The molecule has 0 aliphatic heterocycles. The number of hydrogen-bond acceptors (Lipinski definition) is 5. The van der Waals surface area contributed by atoms with Crippen molar-refractivity contribution < 1.29 is 23.4 Å². The van der Waals surface area contributed by atoms with E-state index in [9.17, 15) is 4.79 Å². The molecule has 0 heterocycles. The van der Waals surface area contributed by atoms with E-state index in [1.807, 2.05) is 0 Å². The number of carbonyl (C=O) groups excluding carboxylic acids is 1. The van der Waals surface area contributed by atoms with E-state index in [2.05, 4.69) is 19.7 Å². The summed E-state index contributed by atoms with van der Waals surface area (Å²) in [6.07, 6.45) is 1.58. The number of hydrogen-bond donors (Lipinski definition) is 0. The Hall–Kier alpha value is -0.693. The first-order valence-electron chi connectivity index (χ1n) is 7.42. The summed E-state index contributed by atoms with van der Waals surface area (Å²) in [6.45, 7) is 12.6. The molecule has 0 aromatic rings. The van der Waals surface area contributed by atoms with E-state index in [1.54, 1.807) is 14.0 Å².